The lowest BCUT2D eigenvalue weighted by Gasteiger charge is -2.09. The van der Waals surface area contributed by atoms with Gasteiger partial charge in [0.05, 0.1) is 11.2 Å². The Hall–Kier alpha value is -1.58. The van der Waals surface area contributed by atoms with Gasteiger partial charge in [0.25, 0.3) is 0 Å². The molecule has 0 aliphatic heterocycles. The maximum absolute atomic E-state index is 11.9. The molecule has 0 N–H and O–H groups in total. The molecule has 0 amide bonds. The summed E-state index contributed by atoms with van der Waals surface area (Å²) in [6.45, 7) is 0. The van der Waals surface area contributed by atoms with E-state index in [0.29, 0.717) is 0 Å². The van der Waals surface area contributed by atoms with Crippen LogP contribution in [0.2, 0.25) is 5.02 Å². The summed E-state index contributed by atoms with van der Waals surface area (Å²) >= 11 is 5.37. The van der Waals surface area contributed by atoms with E-state index in [-0.39, 0.29) is 5.02 Å². The van der Waals surface area contributed by atoms with Crippen molar-refractivity contribution in [3.63, 3.8) is 0 Å². The molecule has 0 fully saturated rings. The van der Waals surface area contributed by atoms with E-state index < -0.39 is 52.6 Å². The van der Waals surface area contributed by atoms with Crippen molar-refractivity contribution in [2.45, 2.75) is 16.5 Å². The number of halogens is 10. The van der Waals surface area contributed by atoms with Gasteiger partial charge in [-0.1, -0.05) is 11.6 Å². The van der Waals surface area contributed by atoms with Gasteiger partial charge >= 0.3 is 46.9 Å². The summed E-state index contributed by atoms with van der Waals surface area (Å²) in [5, 5.41) is -0.0372. The monoisotopic (exact) mass is 543 g/mol. The highest BCUT2D eigenvalue weighted by Gasteiger charge is 2.57. The van der Waals surface area contributed by atoms with E-state index in [2.05, 4.69) is 9.17 Å². The Morgan fingerprint density at radius 3 is 1.37 bits per heavy atom. The molecule has 0 atom stereocenters. The Bertz CT molecular complexity index is 1020. The van der Waals surface area contributed by atoms with E-state index in [1.807, 2.05) is 3.63 Å². The van der Waals surface area contributed by atoms with Crippen LogP contribution in [0.15, 0.2) is 18.5 Å². The summed E-state index contributed by atoms with van der Waals surface area (Å²) in [6.07, 6.45) is 1.92. The van der Waals surface area contributed by atoms with Crippen molar-refractivity contribution in [1.29, 1.82) is 0 Å². The number of pyridine rings is 1. The summed E-state index contributed by atoms with van der Waals surface area (Å²) in [4.78, 5) is 3.36. The molecule has 0 aliphatic rings. The molecule has 0 saturated carbocycles. The minimum atomic E-state index is -6.85. The van der Waals surface area contributed by atoms with Gasteiger partial charge < -0.3 is 4.18 Å². The first-order valence-electron chi connectivity index (χ1n) is 5.88. The molecule has 1 heterocycles. The van der Waals surface area contributed by atoms with E-state index in [0.717, 1.165) is 18.5 Å². The van der Waals surface area contributed by atoms with Crippen LogP contribution < -0.4 is 4.18 Å². The van der Waals surface area contributed by atoms with E-state index in [9.17, 15) is 64.8 Å². The fraction of sp³-hybridized carbons (Fsp3) is 0.375. The molecule has 22 heteroatoms. The molecule has 0 radical (unpaired) electrons. The maximum atomic E-state index is 11.9. The van der Waals surface area contributed by atoms with Crippen LogP contribution in [-0.2, 0) is 34.0 Å². The summed E-state index contributed by atoms with van der Waals surface area (Å²) in [7, 11) is -19.4. The zero-order valence-electron chi connectivity index (χ0n) is 12.9. The van der Waals surface area contributed by atoms with E-state index in [1.165, 1.54) is 0 Å². The van der Waals surface area contributed by atoms with Crippen LogP contribution in [0.1, 0.15) is 0 Å². The van der Waals surface area contributed by atoms with Crippen LogP contribution in [-0.4, -0.2) is 46.8 Å². The average molecular weight is 544 g/mol. The number of nitrogens with zero attached hydrogens (tertiary/aromatic N) is 1. The first-order valence-corrected chi connectivity index (χ1v) is 10.5. The number of rotatable bonds is 4. The number of hydrogen-bond donors (Lipinski definition) is 0. The summed E-state index contributed by atoms with van der Waals surface area (Å²) in [5.41, 5.74) is -18.0. The van der Waals surface area contributed by atoms with Gasteiger partial charge in [-0.15, -0.1) is 3.63 Å². The highest BCUT2D eigenvalue weighted by Crippen LogP contribution is 2.32. The molecule has 9 nitrogen and oxygen atoms in total. The van der Waals surface area contributed by atoms with Crippen LogP contribution >= 0.6 is 11.6 Å². The predicted octanol–water partition coefficient (Wildman–Crippen LogP) is 2.67. The molecule has 1 rings (SSSR count). The fourth-order valence-corrected chi connectivity index (χ4v) is 2.97. The smallest absolute Gasteiger partial charge is 0.374 e. The third-order valence-electron chi connectivity index (χ3n) is 1.92. The normalized spacial score (nSPS) is 13.9. The Morgan fingerprint density at radius 2 is 1.07 bits per heavy atom. The lowest BCUT2D eigenvalue weighted by Crippen LogP contribution is -2.34. The standard InChI is InChI=1S/C6H3ClF3NO3S.C2F6O5S2/c7-4-1-5(3-11-2-4)14-15(12,13)6(8,9)10;3-1(4,5)14(9,10)13-15(11,12)2(6,7)8/h1-3H;. The van der Waals surface area contributed by atoms with Crippen molar-refractivity contribution in [3.05, 3.63) is 23.5 Å². The second kappa shape index (κ2) is 8.88. The number of aromatic nitrogens is 1. The van der Waals surface area contributed by atoms with Gasteiger partial charge in [0, 0.05) is 12.3 Å². The van der Waals surface area contributed by atoms with Crippen molar-refractivity contribution in [3.8, 4) is 5.75 Å². The van der Waals surface area contributed by atoms with Crippen LogP contribution in [0, 0.1) is 0 Å². The third-order valence-corrected chi connectivity index (χ3v) is 5.67. The Kier molecular flexibility index (Phi) is 8.41. The maximum Gasteiger partial charge on any atom is 0.534 e. The van der Waals surface area contributed by atoms with Crippen LogP contribution in [0.3, 0.4) is 0 Å². The molecule has 1 aromatic heterocycles. The second-order valence-electron chi connectivity index (χ2n) is 4.19. The molecule has 0 aromatic carbocycles. The SMILES string of the molecule is O=S(=O)(OS(=O)(=O)C(F)(F)F)C(F)(F)F.O=S(=O)(Oc1cncc(Cl)c1)C(F)(F)F. The molecule has 0 saturated heterocycles. The summed E-state index contributed by atoms with van der Waals surface area (Å²) < 4.78 is 170. The van der Waals surface area contributed by atoms with E-state index in [1.54, 1.807) is 0 Å². The lowest BCUT2D eigenvalue weighted by atomic mass is 10.5. The molecule has 0 aliphatic carbocycles. The Morgan fingerprint density at radius 1 is 0.700 bits per heavy atom. The minimum absolute atomic E-state index is 0.0372. The Balaban J connectivity index is 0.000000561. The third kappa shape index (κ3) is 7.92. The predicted molar refractivity (Wildman–Crippen MR) is 75.9 cm³/mol. The molecule has 30 heavy (non-hydrogen) atoms. The van der Waals surface area contributed by atoms with E-state index in [4.69, 9.17) is 11.6 Å². The molecule has 176 valence electrons. The number of alkyl halides is 9. The molecule has 0 spiro atoms. The summed E-state index contributed by atoms with van der Waals surface area (Å²) in [5.74, 6) is -0.597. The molecular formula is C8H3ClF9NO8S3. The van der Waals surface area contributed by atoms with E-state index >= 15 is 0 Å². The van der Waals surface area contributed by atoms with Crippen molar-refractivity contribution >= 4 is 42.0 Å². The van der Waals surface area contributed by atoms with Gasteiger partial charge in [-0.3, -0.25) is 4.98 Å². The molecule has 1 aromatic rings. The Labute approximate surface area is 165 Å². The van der Waals surface area contributed by atoms with Gasteiger partial charge in [-0.05, 0) is 0 Å². The highest BCUT2D eigenvalue weighted by molar-refractivity contribution is 8.00. The average Bonchev–Trinajstić information content (AvgIpc) is 2.42. The zero-order valence-corrected chi connectivity index (χ0v) is 16.2. The van der Waals surface area contributed by atoms with Crippen LogP contribution in [0.25, 0.3) is 0 Å². The molecule has 0 unspecified atom stereocenters. The first kappa shape index (κ1) is 28.4. The zero-order chi connectivity index (χ0) is 24.4. The highest BCUT2D eigenvalue weighted by atomic mass is 35.5. The van der Waals surface area contributed by atoms with Gasteiger partial charge in [-0.2, -0.15) is 64.8 Å². The second-order valence-corrected chi connectivity index (χ2v) is 9.45. The van der Waals surface area contributed by atoms with Gasteiger partial charge in [-0.25, -0.2) is 0 Å². The lowest BCUT2D eigenvalue weighted by molar-refractivity contribution is -0.0586. The van der Waals surface area contributed by atoms with Gasteiger partial charge in [0.15, 0.2) is 5.75 Å². The molecule has 0 bridgehead atoms. The quantitative estimate of drug-likeness (QED) is 0.319. The topological polar surface area (TPSA) is 134 Å². The minimum Gasteiger partial charge on any atom is -0.374 e. The van der Waals surface area contributed by atoms with Crippen molar-refractivity contribution in [2.75, 3.05) is 0 Å². The number of hydrogen-bond acceptors (Lipinski definition) is 9. The largest absolute Gasteiger partial charge is 0.534 e. The first-order chi connectivity index (χ1) is 12.9. The van der Waals surface area contributed by atoms with Crippen molar-refractivity contribution in [2.24, 2.45) is 0 Å². The van der Waals surface area contributed by atoms with Gasteiger partial charge in [0.2, 0.25) is 0 Å². The van der Waals surface area contributed by atoms with Crippen molar-refractivity contribution < 1.29 is 72.6 Å². The molecular weight excluding hydrogens is 541 g/mol. The fourth-order valence-electron chi connectivity index (χ4n) is 0.807. The van der Waals surface area contributed by atoms with Gasteiger partial charge in [0.1, 0.15) is 0 Å². The van der Waals surface area contributed by atoms with Crippen LogP contribution in [0.5, 0.6) is 5.75 Å². The van der Waals surface area contributed by atoms with Crippen LogP contribution in [0.4, 0.5) is 39.5 Å². The van der Waals surface area contributed by atoms with Crippen molar-refractivity contribution in [1.82, 2.24) is 4.98 Å². The summed E-state index contributed by atoms with van der Waals surface area (Å²) in [6, 6.07) is 0.901.